The van der Waals surface area contributed by atoms with Crippen LogP contribution in [0.15, 0.2) is 24.3 Å². The minimum atomic E-state index is -0.420. The van der Waals surface area contributed by atoms with Gasteiger partial charge in [0, 0.05) is 13.1 Å². The fourth-order valence-electron chi connectivity index (χ4n) is 3.49. The molecule has 1 aromatic heterocycles. The van der Waals surface area contributed by atoms with Gasteiger partial charge in [-0.15, -0.1) is 0 Å². The highest BCUT2D eigenvalue weighted by molar-refractivity contribution is 5.82. The van der Waals surface area contributed by atoms with E-state index in [2.05, 4.69) is 4.98 Å². The molecule has 3 rings (SSSR count). The molecule has 25 heavy (non-hydrogen) atoms. The van der Waals surface area contributed by atoms with Crippen LogP contribution in [-0.2, 0) is 20.9 Å². The molecule has 1 aromatic carbocycles. The van der Waals surface area contributed by atoms with Crippen molar-refractivity contribution < 1.29 is 14.3 Å². The molecule has 2 aromatic rings. The summed E-state index contributed by atoms with van der Waals surface area (Å²) < 4.78 is 7.03. The van der Waals surface area contributed by atoms with E-state index < -0.39 is 5.97 Å². The van der Waals surface area contributed by atoms with Crippen LogP contribution in [0.2, 0.25) is 0 Å². The predicted octanol–water partition coefficient (Wildman–Crippen LogP) is 2.68. The maximum Gasteiger partial charge on any atom is 0.326 e. The third kappa shape index (κ3) is 4.00. The molecule has 6 heteroatoms. The Balaban J connectivity index is 1.55. The summed E-state index contributed by atoms with van der Waals surface area (Å²) in [5.41, 5.74) is 1.74. The molecule has 0 unspecified atom stereocenters. The summed E-state index contributed by atoms with van der Waals surface area (Å²) in [4.78, 5) is 30.6. The number of carbonyl (C=O) groups is 2. The highest BCUT2D eigenvalue weighted by atomic mass is 16.5. The van der Waals surface area contributed by atoms with E-state index in [0.717, 1.165) is 42.5 Å². The number of rotatable bonds is 5. The third-order valence-corrected chi connectivity index (χ3v) is 5.01. The zero-order chi connectivity index (χ0) is 17.8. The molecule has 1 fully saturated rings. The van der Waals surface area contributed by atoms with Crippen LogP contribution in [0.1, 0.15) is 37.9 Å². The lowest BCUT2D eigenvalue weighted by Gasteiger charge is -2.31. The van der Waals surface area contributed by atoms with Crippen molar-refractivity contribution in [2.24, 2.45) is 0 Å². The number of aromatic nitrogens is 2. The molecule has 1 amide bonds. The minimum Gasteiger partial charge on any atom is -0.454 e. The van der Waals surface area contributed by atoms with Crippen molar-refractivity contribution in [3.8, 4) is 0 Å². The van der Waals surface area contributed by atoms with E-state index in [0.29, 0.717) is 0 Å². The Morgan fingerprint density at radius 3 is 2.72 bits per heavy atom. The summed E-state index contributed by atoms with van der Waals surface area (Å²) in [6, 6.07) is 7.93. The van der Waals surface area contributed by atoms with Gasteiger partial charge in [0.05, 0.1) is 11.0 Å². The number of aryl methyl sites for hydroxylation is 1. The molecule has 0 spiro atoms. The number of nitrogens with zero attached hydrogens (tertiary/aromatic N) is 3. The quantitative estimate of drug-likeness (QED) is 0.783. The number of carbonyl (C=O) groups excluding carboxylic acids is 2. The first-order valence-electron chi connectivity index (χ1n) is 8.89. The number of likely N-dealkylation sites (N-methyl/N-ethyl adjacent to an activating group) is 1. The SMILES string of the molecule is Cc1nc2ccccc2n1CC(=O)OCC(=O)N(C)C1CCCCC1. The van der Waals surface area contributed by atoms with Crippen molar-refractivity contribution in [3.05, 3.63) is 30.1 Å². The van der Waals surface area contributed by atoms with E-state index in [9.17, 15) is 9.59 Å². The Bertz CT molecular complexity index is 762. The summed E-state index contributed by atoms with van der Waals surface area (Å²) >= 11 is 0. The van der Waals surface area contributed by atoms with E-state index in [-0.39, 0.29) is 25.1 Å². The normalized spacial score (nSPS) is 15.3. The molecule has 0 saturated heterocycles. The smallest absolute Gasteiger partial charge is 0.326 e. The summed E-state index contributed by atoms with van der Waals surface area (Å²) in [7, 11) is 1.81. The van der Waals surface area contributed by atoms with Crippen LogP contribution >= 0.6 is 0 Å². The van der Waals surface area contributed by atoms with Gasteiger partial charge in [-0.3, -0.25) is 9.59 Å². The van der Waals surface area contributed by atoms with Crippen LogP contribution in [-0.4, -0.2) is 46.0 Å². The molecule has 1 aliphatic carbocycles. The number of hydrogen-bond donors (Lipinski definition) is 0. The van der Waals surface area contributed by atoms with Gasteiger partial charge in [0.1, 0.15) is 12.4 Å². The molecular weight excluding hydrogens is 318 g/mol. The minimum absolute atomic E-state index is 0.0623. The van der Waals surface area contributed by atoms with Crippen LogP contribution in [0.25, 0.3) is 11.0 Å². The highest BCUT2D eigenvalue weighted by Crippen LogP contribution is 2.21. The number of para-hydroxylation sites is 2. The second-order valence-corrected chi connectivity index (χ2v) is 6.69. The Labute approximate surface area is 147 Å². The number of fused-ring (bicyclic) bond motifs is 1. The lowest BCUT2D eigenvalue weighted by Crippen LogP contribution is -2.40. The number of imidazole rings is 1. The molecule has 0 N–H and O–H groups in total. The third-order valence-electron chi connectivity index (χ3n) is 5.01. The molecule has 0 bridgehead atoms. The molecule has 0 radical (unpaired) electrons. The number of esters is 1. The molecular formula is C19H25N3O3. The van der Waals surface area contributed by atoms with E-state index in [1.165, 1.54) is 6.42 Å². The van der Waals surface area contributed by atoms with Crippen LogP contribution in [0.4, 0.5) is 0 Å². The van der Waals surface area contributed by atoms with Gasteiger partial charge in [-0.1, -0.05) is 31.4 Å². The largest absolute Gasteiger partial charge is 0.454 e. The first kappa shape index (κ1) is 17.5. The average molecular weight is 343 g/mol. The van der Waals surface area contributed by atoms with Gasteiger partial charge in [-0.05, 0) is 31.9 Å². The lowest BCUT2D eigenvalue weighted by molar-refractivity contribution is -0.153. The maximum atomic E-state index is 12.3. The second-order valence-electron chi connectivity index (χ2n) is 6.69. The predicted molar refractivity (Wildman–Crippen MR) is 95.1 cm³/mol. The van der Waals surface area contributed by atoms with Gasteiger partial charge in [0.25, 0.3) is 5.91 Å². The van der Waals surface area contributed by atoms with Crippen LogP contribution in [0.5, 0.6) is 0 Å². The summed E-state index contributed by atoms with van der Waals surface area (Å²) in [6.45, 7) is 1.72. The van der Waals surface area contributed by atoms with E-state index in [1.54, 1.807) is 11.9 Å². The maximum absolute atomic E-state index is 12.3. The first-order chi connectivity index (χ1) is 12.1. The van der Waals surface area contributed by atoms with Gasteiger partial charge in [-0.25, -0.2) is 4.98 Å². The van der Waals surface area contributed by atoms with Crippen molar-refractivity contribution in [1.82, 2.24) is 14.5 Å². The fourth-order valence-corrected chi connectivity index (χ4v) is 3.49. The summed E-state index contributed by atoms with van der Waals surface area (Å²) in [5, 5.41) is 0. The van der Waals surface area contributed by atoms with E-state index >= 15 is 0 Å². The van der Waals surface area contributed by atoms with Crippen molar-refractivity contribution in [1.29, 1.82) is 0 Å². The van der Waals surface area contributed by atoms with Gasteiger partial charge >= 0.3 is 5.97 Å². The van der Waals surface area contributed by atoms with E-state index in [1.807, 2.05) is 35.8 Å². The Morgan fingerprint density at radius 2 is 1.96 bits per heavy atom. The Hall–Kier alpha value is -2.37. The topological polar surface area (TPSA) is 64.4 Å². The highest BCUT2D eigenvalue weighted by Gasteiger charge is 2.23. The number of hydrogen-bond acceptors (Lipinski definition) is 4. The van der Waals surface area contributed by atoms with Gasteiger partial charge in [0.2, 0.25) is 0 Å². The molecule has 1 aliphatic rings. The van der Waals surface area contributed by atoms with Crippen LogP contribution < -0.4 is 0 Å². The lowest BCUT2D eigenvalue weighted by atomic mass is 9.94. The second kappa shape index (κ2) is 7.68. The van der Waals surface area contributed by atoms with Crippen LogP contribution in [0, 0.1) is 6.92 Å². The van der Waals surface area contributed by atoms with Gasteiger partial charge in [0.15, 0.2) is 6.61 Å². The summed E-state index contributed by atoms with van der Waals surface area (Å²) in [6.07, 6.45) is 5.64. The van der Waals surface area contributed by atoms with Crippen molar-refractivity contribution >= 4 is 22.9 Å². The monoisotopic (exact) mass is 343 g/mol. The zero-order valence-corrected chi connectivity index (χ0v) is 14.9. The van der Waals surface area contributed by atoms with Crippen LogP contribution in [0.3, 0.4) is 0 Å². The average Bonchev–Trinajstić information content (AvgIpc) is 2.95. The Kier molecular flexibility index (Phi) is 5.36. The van der Waals surface area contributed by atoms with Gasteiger partial charge in [-0.2, -0.15) is 0 Å². The molecule has 6 nitrogen and oxygen atoms in total. The number of amides is 1. The first-order valence-corrected chi connectivity index (χ1v) is 8.89. The molecule has 1 heterocycles. The molecule has 0 aliphatic heterocycles. The summed E-state index contributed by atoms with van der Waals surface area (Å²) in [5.74, 6) is 0.202. The number of benzene rings is 1. The van der Waals surface area contributed by atoms with Crippen molar-refractivity contribution in [3.63, 3.8) is 0 Å². The standard InChI is InChI=1S/C19H25N3O3/c1-14-20-16-10-6-7-11-17(16)22(14)12-19(24)25-13-18(23)21(2)15-8-4-3-5-9-15/h6-7,10-11,15H,3-5,8-9,12-13H2,1-2H3. The zero-order valence-electron chi connectivity index (χ0n) is 14.9. The Morgan fingerprint density at radius 1 is 1.24 bits per heavy atom. The fraction of sp³-hybridized carbons (Fsp3) is 0.526. The van der Waals surface area contributed by atoms with Gasteiger partial charge < -0.3 is 14.2 Å². The molecule has 1 saturated carbocycles. The van der Waals surface area contributed by atoms with Crippen molar-refractivity contribution in [2.45, 2.75) is 51.6 Å². The number of ether oxygens (including phenoxy) is 1. The molecule has 134 valence electrons. The molecule has 0 atom stereocenters. The van der Waals surface area contributed by atoms with E-state index in [4.69, 9.17) is 4.74 Å². The van der Waals surface area contributed by atoms with Crippen molar-refractivity contribution in [2.75, 3.05) is 13.7 Å².